The molecule has 6 heterocycles. The Labute approximate surface area is 318 Å². The van der Waals surface area contributed by atoms with Crippen LogP contribution in [0, 0.1) is 13.8 Å². The largest absolute Gasteiger partial charge is 1.00 e. The van der Waals surface area contributed by atoms with Gasteiger partial charge in [0.25, 0.3) is 5.56 Å². The molecule has 4 aromatic rings. The molecule has 3 aliphatic rings. The molecule has 24 nitrogen and oxygen atoms in total. The van der Waals surface area contributed by atoms with Gasteiger partial charge in [-0.05, 0) is 37.1 Å². The Morgan fingerprint density at radius 2 is 1.71 bits per heavy atom. The molecule has 7 rings (SSSR count). The van der Waals surface area contributed by atoms with Crippen LogP contribution in [0.2, 0.25) is 0 Å². The number of halogens is 1. The maximum absolute atomic E-state index is 12.6. The highest BCUT2D eigenvalue weighted by atomic mass is 35.5. The van der Waals surface area contributed by atoms with Crippen molar-refractivity contribution in [1.82, 2.24) is 38.9 Å². The Balaban J connectivity index is 0.00000532. The highest BCUT2D eigenvalue weighted by Crippen LogP contribution is 2.60. The lowest BCUT2D eigenvalue weighted by atomic mass is 10.1. The molecule has 302 valence electrons. The van der Waals surface area contributed by atoms with Gasteiger partial charge in [0.1, 0.15) is 36.6 Å². The molecule has 1 fully saturated rings. The maximum Gasteiger partial charge on any atom is 0.481 e. The van der Waals surface area contributed by atoms with E-state index in [2.05, 4.69) is 33.8 Å². The number of imidazole rings is 2. The summed E-state index contributed by atoms with van der Waals surface area (Å²) in [4.78, 5) is 66.4. The summed E-state index contributed by atoms with van der Waals surface area (Å²) < 4.78 is 48.7. The van der Waals surface area contributed by atoms with Gasteiger partial charge in [-0.25, -0.2) is 28.5 Å². The zero-order chi connectivity index (χ0) is 39.6. The van der Waals surface area contributed by atoms with Gasteiger partial charge < -0.3 is 57.0 Å². The van der Waals surface area contributed by atoms with Gasteiger partial charge in [0.15, 0.2) is 29.8 Å². The van der Waals surface area contributed by atoms with Crippen molar-refractivity contribution in [3.05, 3.63) is 69.1 Å². The summed E-state index contributed by atoms with van der Waals surface area (Å²) >= 11 is 0. The number of ether oxygens (including phenoxy) is 1. The second-order valence-corrected chi connectivity index (χ2v) is 15.8. The Morgan fingerprint density at radius 3 is 2.46 bits per heavy atom. The fourth-order valence-electron chi connectivity index (χ4n) is 6.09. The molecule has 0 amide bonds. The fourth-order valence-corrected chi connectivity index (χ4v) is 8.19. The normalized spacial score (nSPS) is 22.6. The molecule has 3 aromatic heterocycles. The van der Waals surface area contributed by atoms with E-state index in [1.54, 1.807) is 42.8 Å². The second-order valence-electron chi connectivity index (χ2n) is 12.8. The van der Waals surface area contributed by atoms with Crippen LogP contribution in [0.4, 0.5) is 0 Å². The number of H-pyrrole nitrogens is 2. The van der Waals surface area contributed by atoms with E-state index in [0.717, 1.165) is 11.1 Å². The number of benzene rings is 1. The minimum absolute atomic E-state index is 0. The lowest BCUT2D eigenvalue weighted by molar-refractivity contribution is -0.745. The van der Waals surface area contributed by atoms with Crippen molar-refractivity contribution in [2.75, 3.05) is 13.2 Å². The van der Waals surface area contributed by atoms with Crippen molar-refractivity contribution in [2.24, 2.45) is 0 Å². The molecule has 2 unspecified atom stereocenters. The van der Waals surface area contributed by atoms with Crippen LogP contribution in [0.3, 0.4) is 0 Å². The minimum atomic E-state index is -5.54. The molecule has 0 saturated carbocycles. The number of phosphoric ester groups is 2. The monoisotopic (exact) mass is 845 g/mol. The summed E-state index contributed by atoms with van der Waals surface area (Å²) in [6.07, 6.45) is -6.01. The van der Waals surface area contributed by atoms with Crippen LogP contribution in [-0.2, 0) is 33.8 Å². The van der Waals surface area contributed by atoms with Gasteiger partial charge >= 0.3 is 27.0 Å². The molecular weight excluding hydrogens is 812 g/mol. The van der Waals surface area contributed by atoms with Crippen LogP contribution < -0.4 is 28.2 Å². The average molecular weight is 846 g/mol. The fraction of sp³-hybridized carbons (Fsp3) is 0.414. The van der Waals surface area contributed by atoms with Gasteiger partial charge in [-0.3, -0.25) is 28.2 Å². The van der Waals surface area contributed by atoms with Crippen LogP contribution in [0.5, 0.6) is 0 Å². The third kappa shape index (κ3) is 8.03. The lowest BCUT2D eigenvalue weighted by Crippen LogP contribution is -3.00. The van der Waals surface area contributed by atoms with Crippen molar-refractivity contribution in [3.63, 3.8) is 0 Å². The van der Waals surface area contributed by atoms with Gasteiger partial charge in [0.2, 0.25) is 11.7 Å². The summed E-state index contributed by atoms with van der Waals surface area (Å²) in [6.45, 7) is 0.841. The number of aromatic nitrogens is 9. The molecule has 27 heteroatoms. The molecule has 0 aliphatic carbocycles. The molecule has 0 spiro atoms. The second kappa shape index (κ2) is 15.7. The third-order valence-electron chi connectivity index (χ3n) is 9.02. The molecule has 1 saturated heterocycles. The number of aryl methyl sites for hydroxylation is 2. The number of nitrogens with one attached hydrogen (secondary N) is 2. The molecule has 0 bridgehead atoms. The van der Waals surface area contributed by atoms with Crippen LogP contribution in [0.15, 0.2) is 46.8 Å². The molecule has 9 N–H and O–H groups in total. The van der Waals surface area contributed by atoms with E-state index < -0.39 is 89.5 Å². The summed E-state index contributed by atoms with van der Waals surface area (Å²) in [5.41, 5.74) is 1.35. The molecule has 9 atom stereocenters. The first-order valence-corrected chi connectivity index (χ1v) is 19.3. The first-order valence-electron chi connectivity index (χ1n) is 16.3. The Hall–Kier alpha value is -4.10. The van der Waals surface area contributed by atoms with E-state index >= 15 is 0 Å². The summed E-state index contributed by atoms with van der Waals surface area (Å²) in [5.74, 6) is -0.237. The summed E-state index contributed by atoms with van der Waals surface area (Å²) in [6, 6.07) is 3.30. The summed E-state index contributed by atoms with van der Waals surface area (Å²) in [7, 11) is -11.0. The molecule has 3 aliphatic heterocycles. The predicted molar refractivity (Wildman–Crippen MR) is 182 cm³/mol. The predicted octanol–water partition coefficient (Wildman–Crippen LogP) is -5.33. The van der Waals surface area contributed by atoms with Crippen molar-refractivity contribution in [1.29, 1.82) is 0 Å². The summed E-state index contributed by atoms with van der Waals surface area (Å²) in [5, 5.41) is 53.4. The standard InChI is InChI=1S/C29H33N9O15P2.ClH/c1-12-5-14-15(6-13(12)2)37(26-20(33-14)27(44)35-29(45)34-26)7-16(39)21(41)17(40)8-50-54(46,47)53-55(48,49)51-9-18-22(42)23(43)28(52-18)38-11-31-19-24-30-3-4-36(24)10-32-25(19)38;/h3-6,10-11,16-18,21-23,28,39-43H,7-9H2,1-2H3,(H3,35,44,45,46,47,48,49);1H/t16-,17+,18-,21-,22-,23-,28-;/m1./s1. The lowest BCUT2D eigenvalue weighted by Gasteiger charge is -2.26. The number of phosphoric acid groups is 2. The Bertz CT molecular complexity index is 2600. The van der Waals surface area contributed by atoms with Crippen molar-refractivity contribution in [3.8, 4) is 11.5 Å². The first-order chi connectivity index (χ1) is 25.9. The van der Waals surface area contributed by atoms with Gasteiger partial charge in [-0.15, -0.1) is 0 Å². The highest BCUT2D eigenvalue weighted by molar-refractivity contribution is 7.61. The Morgan fingerprint density at radius 1 is 1.00 bits per heavy atom. The zero-order valence-electron chi connectivity index (χ0n) is 28.9. The molecule has 56 heavy (non-hydrogen) atoms. The number of aliphatic hydroxyl groups is 5. The van der Waals surface area contributed by atoms with E-state index in [4.69, 9.17) is 9.26 Å². The van der Waals surface area contributed by atoms with Gasteiger partial charge in [-0.2, -0.15) is 9.29 Å². The van der Waals surface area contributed by atoms with Gasteiger partial charge in [-0.1, -0.05) is 4.98 Å². The van der Waals surface area contributed by atoms with Crippen LogP contribution in [0.25, 0.3) is 39.4 Å². The van der Waals surface area contributed by atoms with Crippen molar-refractivity contribution < 1.29 is 79.5 Å². The van der Waals surface area contributed by atoms with Crippen molar-refractivity contribution >= 4 is 43.5 Å². The van der Waals surface area contributed by atoms with Gasteiger partial charge in [0.05, 0.1) is 30.8 Å². The topological polar surface area (TPSA) is 343 Å². The van der Waals surface area contributed by atoms with E-state index in [0.29, 0.717) is 22.3 Å². The number of aromatic amines is 2. The van der Waals surface area contributed by atoms with Crippen LogP contribution in [0.1, 0.15) is 17.4 Å². The average Bonchev–Trinajstić information content (AvgIpc) is 3.84. The SMILES string of the molecule is Cc1cc2nc3c(=O)[nH]c(=O)nc-3n(C[C@@H](O)[C@@H](O)[C@@H](O)COP(=O)(O)OP(=O)(O)OC[C@H]3O[C@@H]([n+]4c[nH]c5c6nccn6cnc54)[C@H](O)[C@@H]3O)c2cc1C.[Cl-]. The van der Waals surface area contributed by atoms with Crippen molar-refractivity contribution in [2.45, 2.75) is 63.2 Å². The number of nitrogens with zero attached hydrogens (tertiary/aromatic N) is 7. The van der Waals surface area contributed by atoms with E-state index in [1.165, 1.54) is 21.8 Å². The van der Waals surface area contributed by atoms with Gasteiger partial charge in [0, 0.05) is 12.4 Å². The number of hydrogen-bond acceptors (Lipinski definition) is 17. The maximum atomic E-state index is 12.6. The van der Waals surface area contributed by atoms with Crippen LogP contribution in [-0.4, -0.2) is 124 Å². The third-order valence-corrected chi connectivity index (χ3v) is 11.6. The van der Waals surface area contributed by atoms with Crippen LogP contribution >= 0.6 is 15.6 Å². The van der Waals surface area contributed by atoms with E-state index in [1.807, 2.05) is 4.98 Å². The van der Waals surface area contributed by atoms with E-state index in [9.17, 15) is 54.0 Å². The number of aliphatic hydroxyl groups excluding tert-OH is 5. The minimum Gasteiger partial charge on any atom is -1.00 e. The van der Waals surface area contributed by atoms with E-state index in [-0.39, 0.29) is 29.4 Å². The zero-order valence-corrected chi connectivity index (χ0v) is 31.5. The quantitative estimate of drug-likeness (QED) is 0.0298. The smallest absolute Gasteiger partial charge is 0.481 e. The number of hydrogen-bond donors (Lipinski definition) is 9. The molecule has 0 radical (unpaired) electrons. The number of rotatable bonds is 13. The first kappa shape index (κ1) is 41.5. The Kier molecular flexibility index (Phi) is 11.6. The number of fused-ring (bicyclic) bond motifs is 5. The molecular formula is C29H34ClN9O15P2. The highest BCUT2D eigenvalue weighted by Gasteiger charge is 2.48. The molecule has 1 aromatic carbocycles.